The van der Waals surface area contributed by atoms with Crippen LogP contribution < -0.4 is 0 Å². The number of ether oxygens (including phenoxy) is 2. The van der Waals surface area contributed by atoms with Gasteiger partial charge in [-0.3, -0.25) is 0 Å². The van der Waals surface area contributed by atoms with Crippen molar-refractivity contribution in [3.63, 3.8) is 0 Å². The molecule has 0 aromatic rings. The van der Waals surface area contributed by atoms with Crippen molar-refractivity contribution in [2.24, 2.45) is 0 Å². The number of hydrogen-bond donors (Lipinski definition) is 0. The van der Waals surface area contributed by atoms with E-state index in [2.05, 4.69) is 0 Å². The molecule has 0 spiro atoms. The van der Waals surface area contributed by atoms with Gasteiger partial charge in [-0.25, -0.2) is 4.79 Å². The Hall–Kier alpha value is -0.570. The highest BCUT2D eigenvalue weighted by Gasteiger charge is 2.32. The molecule has 2 atom stereocenters. The summed E-state index contributed by atoms with van der Waals surface area (Å²) in [4.78, 5) is 10.9. The highest BCUT2D eigenvalue weighted by atomic mass is 16.6. The highest BCUT2D eigenvalue weighted by Crippen LogP contribution is 2.25. The Morgan fingerprint density at radius 3 is 2.67 bits per heavy atom. The van der Waals surface area contributed by atoms with E-state index in [9.17, 15) is 4.79 Å². The smallest absolute Gasteiger partial charge is 0.332 e. The molecule has 2 rings (SSSR count). The quantitative estimate of drug-likeness (QED) is 0.513. The van der Waals surface area contributed by atoms with Gasteiger partial charge in [-0.15, -0.1) is 0 Å². The second kappa shape index (κ2) is 3.44. The fourth-order valence-electron chi connectivity index (χ4n) is 1.94. The van der Waals surface area contributed by atoms with Crippen molar-refractivity contribution in [1.82, 2.24) is 0 Å². The number of carbonyl (C=O) groups excluding carboxylic acids is 1. The monoisotopic (exact) mass is 170 g/mol. The zero-order valence-corrected chi connectivity index (χ0v) is 7.12. The Kier molecular flexibility index (Phi) is 2.30. The number of rotatable bonds is 0. The van der Waals surface area contributed by atoms with E-state index < -0.39 is 0 Å². The SMILES string of the molecule is O=C1CO[C@@H]2CCCCC[C@H]2O1. The highest BCUT2D eigenvalue weighted by molar-refractivity contribution is 5.71. The van der Waals surface area contributed by atoms with Crippen LogP contribution in [0.25, 0.3) is 0 Å². The summed E-state index contributed by atoms with van der Waals surface area (Å²) in [6.45, 7) is 0.154. The Labute approximate surface area is 72.0 Å². The maximum absolute atomic E-state index is 10.9. The van der Waals surface area contributed by atoms with Crippen LogP contribution in [0.2, 0.25) is 0 Å². The molecule has 1 aliphatic carbocycles. The van der Waals surface area contributed by atoms with E-state index in [1.165, 1.54) is 12.8 Å². The van der Waals surface area contributed by atoms with Crippen LogP contribution in [0.4, 0.5) is 0 Å². The first-order chi connectivity index (χ1) is 5.86. The molecule has 0 N–H and O–H groups in total. The van der Waals surface area contributed by atoms with Crippen LogP contribution in [-0.4, -0.2) is 24.8 Å². The van der Waals surface area contributed by atoms with Gasteiger partial charge in [0.05, 0.1) is 6.10 Å². The van der Waals surface area contributed by atoms with Crippen molar-refractivity contribution in [3.8, 4) is 0 Å². The molecule has 0 aromatic carbocycles. The molecule has 0 radical (unpaired) electrons. The minimum absolute atomic E-state index is 0.0498. The van der Waals surface area contributed by atoms with Crippen LogP contribution in [0.3, 0.4) is 0 Å². The van der Waals surface area contributed by atoms with E-state index in [0.717, 1.165) is 19.3 Å². The van der Waals surface area contributed by atoms with Gasteiger partial charge < -0.3 is 9.47 Å². The largest absolute Gasteiger partial charge is 0.458 e. The van der Waals surface area contributed by atoms with Crippen molar-refractivity contribution >= 4 is 5.97 Å². The Morgan fingerprint density at radius 2 is 1.83 bits per heavy atom. The lowest BCUT2D eigenvalue weighted by Gasteiger charge is -2.29. The molecule has 3 nitrogen and oxygen atoms in total. The molecule has 3 heteroatoms. The Balaban J connectivity index is 1.99. The first-order valence-corrected chi connectivity index (χ1v) is 4.67. The molecule has 12 heavy (non-hydrogen) atoms. The maximum Gasteiger partial charge on any atom is 0.332 e. The van der Waals surface area contributed by atoms with E-state index in [4.69, 9.17) is 9.47 Å². The van der Waals surface area contributed by atoms with Gasteiger partial charge in [-0.2, -0.15) is 0 Å². The summed E-state index contributed by atoms with van der Waals surface area (Å²) in [6.07, 6.45) is 5.89. The Bertz CT molecular complexity index is 179. The third-order valence-corrected chi connectivity index (χ3v) is 2.59. The van der Waals surface area contributed by atoms with Crippen molar-refractivity contribution in [2.75, 3.05) is 6.61 Å². The van der Waals surface area contributed by atoms with Crippen molar-refractivity contribution in [2.45, 2.75) is 44.3 Å². The molecule has 0 amide bonds. The lowest BCUT2D eigenvalue weighted by molar-refractivity contribution is -0.183. The standard InChI is InChI=1S/C9H14O3/c10-9-6-11-7-4-2-1-3-5-8(7)12-9/h7-8H,1-6H2/t7-,8-/m1/s1. The third-order valence-electron chi connectivity index (χ3n) is 2.59. The molecule has 1 aliphatic heterocycles. The van der Waals surface area contributed by atoms with Crippen LogP contribution in [0, 0.1) is 0 Å². The van der Waals surface area contributed by atoms with Gasteiger partial charge in [0.15, 0.2) is 0 Å². The van der Waals surface area contributed by atoms with Crippen LogP contribution in [0.15, 0.2) is 0 Å². The molecule has 0 aromatic heterocycles. The fraction of sp³-hybridized carbons (Fsp3) is 0.889. The molecule has 0 unspecified atom stereocenters. The summed E-state index contributed by atoms with van der Waals surface area (Å²) in [6, 6.07) is 0. The number of fused-ring (bicyclic) bond motifs is 1. The topological polar surface area (TPSA) is 35.5 Å². The molecule has 1 saturated heterocycles. The first kappa shape index (κ1) is 8.05. The van der Waals surface area contributed by atoms with E-state index in [-0.39, 0.29) is 24.8 Å². The molecule has 1 heterocycles. The second-order valence-corrected chi connectivity index (χ2v) is 3.52. The van der Waals surface area contributed by atoms with Crippen molar-refractivity contribution in [3.05, 3.63) is 0 Å². The molecular formula is C9H14O3. The Morgan fingerprint density at radius 1 is 1.08 bits per heavy atom. The maximum atomic E-state index is 10.9. The molecule has 2 aliphatic rings. The van der Waals surface area contributed by atoms with Gasteiger partial charge in [0.2, 0.25) is 0 Å². The van der Waals surface area contributed by atoms with Crippen LogP contribution in [0.5, 0.6) is 0 Å². The summed E-state index contributed by atoms with van der Waals surface area (Å²) < 4.78 is 10.6. The summed E-state index contributed by atoms with van der Waals surface area (Å²) in [7, 11) is 0. The summed E-state index contributed by atoms with van der Waals surface area (Å²) in [5, 5.41) is 0. The fourth-order valence-corrected chi connectivity index (χ4v) is 1.94. The molecular weight excluding hydrogens is 156 g/mol. The normalized spacial score (nSPS) is 36.5. The van der Waals surface area contributed by atoms with Crippen molar-refractivity contribution in [1.29, 1.82) is 0 Å². The summed E-state index contributed by atoms with van der Waals surface area (Å²) in [5.74, 6) is -0.196. The first-order valence-electron chi connectivity index (χ1n) is 4.67. The third kappa shape index (κ3) is 1.61. The van der Waals surface area contributed by atoms with Crippen LogP contribution >= 0.6 is 0 Å². The van der Waals surface area contributed by atoms with E-state index in [0.29, 0.717) is 0 Å². The minimum atomic E-state index is -0.196. The van der Waals surface area contributed by atoms with E-state index in [1.54, 1.807) is 0 Å². The van der Waals surface area contributed by atoms with Gasteiger partial charge in [0.25, 0.3) is 0 Å². The molecule has 2 fully saturated rings. The minimum Gasteiger partial charge on any atom is -0.458 e. The van der Waals surface area contributed by atoms with Crippen LogP contribution in [0.1, 0.15) is 32.1 Å². The number of esters is 1. The van der Waals surface area contributed by atoms with Gasteiger partial charge in [-0.1, -0.05) is 12.8 Å². The number of hydrogen-bond acceptors (Lipinski definition) is 3. The molecule has 68 valence electrons. The van der Waals surface area contributed by atoms with Gasteiger partial charge in [0.1, 0.15) is 12.7 Å². The van der Waals surface area contributed by atoms with Crippen LogP contribution in [-0.2, 0) is 14.3 Å². The average Bonchev–Trinajstić information content (AvgIpc) is 2.28. The van der Waals surface area contributed by atoms with Crippen molar-refractivity contribution < 1.29 is 14.3 Å². The van der Waals surface area contributed by atoms with Gasteiger partial charge in [-0.05, 0) is 19.3 Å². The molecule has 0 bridgehead atoms. The predicted octanol–water partition coefficient (Wildman–Crippen LogP) is 1.26. The average molecular weight is 170 g/mol. The zero-order valence-electron chi connectivity index (χ0n) is 7.12. The van der Waals surface area contributed by atoms with E-state index in [1.807, 2.05) is 0 Å². The predicted molar refractivity (Wildman–Crippen MR) is 42.7 cm³/mol. The number of carbonyl (C=O) groups is 1. The summed E-state index contributed by atoms with van der Waals surface area (Å²) >= 11 is 0. The van der Waals surface area contributed by atoms with Gasteiger partial charge in [0, 0.05) is 0 Å². The van der Waals surface area contributed by atoms with Gasteiger partial charge >= 0.3 is 5.97 Å². The lowest BCUT2D eigenvalue weighted by atomic mass is 10.1. The van der Waals surface area contributed by atoms with E-state index >= 15 is 0 Å². The second-order valence-electron chi connectivity index (χ2n) is 3.52. The lowest BCUT2D eigenvalue weighted by Crippen LogP contribution is -2.40. The zero-order chi connectivity index (χ0) is 8.39. The molecule has 1 saturated carbocycles. The summed E-state index contributed by atoms with van der Waals surface area (Å²) in [5.41, 5.74) is 0.